The van der Waals surface area contributed by atoms with Crippen molar-refractivity contribution in [3.8, 4) is 0 Å². The van der Waals surface area contributed by atoms with Gasteiger partial charge in [-0.3, -0.25) is 14.5 Å². The number of carbonyl (C=O) groups excluding carboxylic acids is 2. The highest BCUT2D eigenvalue weighted by Crippen LogP contribution is 2.37. The standard InChI is InChI=1S/C22H18BrN3O2/c1-25-12-4-5-17(25)13-19-18-6-2-3-7-20(18)26(22(19)28)14-21(27)24-16-10-8-15(23)9-11-16/h2-13H,14H2,1H3,(H,24,27)/b19-13+. The predicted octanol–water partition coefficient (Wildman–Crippen LogP) is 4.31. The molecule has 1 aliphatic heterocycles. The van der Waals surface area contributed by atoms with Crippen LogP contribution in [0.1, 0.15) is 11.3 Å². The number of aromatic nitrogens is 1. The molecule has 0 saturated heterocycles. The van der Waals surface area contributed by atoms with Crippen LogP contribution in [-0.4, -0.2) is 22.9 Å². The van der Waals surface area contributed by atoms with Gasteiger partial charge in [-0.1, -0.05) is 34.1 Å². The first-order chi connectivity index (χ1) is 13.5. The number of amides is 2. The fraction of sp³-hybridized carbons (Fsp3) is 0.0909. The molecule has 1 aromatic heterocycles. The van der Waals surface area contributed by atoms with Crippen LogP contribution in [0.4, 0.5) is 11.4 Å². The van der Waals surface area contributed by atoms with Gasteiger partial charge in [0.15, 0.2) is 0 Å². The molecule has 0 atom stereocenters. The summed E-state index contributed by atoms with van der Waals surface area (Å²) in [5, 5.41) is 2.84. The minimum absolute atomic E-state index is 0.0453. The Morgan fingerprint density at radius 2 is 1.82 bits per heavy atom. The van der Waals surface area contributed by atoms with Crippen LogP contribution in [0.15, 0.2) is 71.3 Å². The predicted molar refractivity (Wildman–Crippen MR) is 115 cm³/mol. The molecular weight excluding hydrogens is 418 g/mol. The molecule has 0 aliphatic carbocycles. The lowest BCUT2D eigenvalue weighted by atomic mass is 10.1. The lowest BCUT2D eigenvalue weighted by Gasteiger charge is -2.16. The summed E-state index contributed by atoms with van der Waals surface area (Å²) in [6.45, 7) is -0.0453. The number of nitrogens with zero attached hydrogens (tertiary/aromatic N) is 2. The zero-order valence-corrected chi connectivity index (χ0v) is 16.8. The highest BCUT2D eigenvalue weighted by Gasteiger charge is 2.33. The van der Waals surface area contributed by atoms with Gasteiger partial charge < -0.3 is 9.88 Å². The van der Waals surface area contributed by atoms with Crippen molar-refractivity contribution in [3.63, 3.8) is 0 Å². The molecule has 0 spiro atoms. The number of nitrogens with one attached hydrogen (secondary N) is 1. The Morgan fingerprint density at radius 1 is 1.07 bits per heavy atom. The molecule has 6 heteroatoms. The number of hydrogen-bond acceptors (Lipinski definition) is 2. The van der Waals surface area contributed by atoms with Gasteiger partial charge in [0.25, 0.3) is 5.91 Å². The van der Waals surface area contributed by atoms with Crippen LogP contribution in [-0.2, 0) is 16.6 Å². The third-order valence-corrected chi connectivity index (χ3v) is 5.20. The summed E-state index contributed by atoms with van der Waals surface area (Å²) in [7, 11) is 1.93. The molecule has 1 N–H and O–H groups in total. The van der Waals surface area contributed by atoms with Gasteiger partial charge in [0.2, 0.25) is 5.91 Å². The average Bonchev–Trinajstić information content (AvgIpc) is 3.20. The van der Waals surface area contributed by atoms with E-state index in [0.717, 1.165) is 21.4 Å². The van der Waals surface area contributed by atoms with Crippen LogP contribution in [0, 0.1) is 0 Å². The second kappa shape index (κ2) is 7.48. The largest absolute Gasteiger partial charge is 0.351 e. The average molecular weight is 436 g/mol. The van der Waals surface area contributed by atoms with Crippen molar-refractivity contribution in [2.24, 2.45) is 7.05 Å². The molecule has 0 bridgehead atoms. The van der Waals surface area contributed by atoms with Gasteiger partial charge in [-0.25, -0.2) is 0 Å². The number of para-hydroxylation sites is 1. The van der Waals surface area contributed by atoms with Gasteiger partial charge in [0.1, 0.15) is 6.54 Å². The zero-order valence-electron chi connectivity index (χ0n) is 15.2. The Bertz CT molecular complexity index is 1080. The molecule has 3 aromatic rings. The second-order valence-electron chi connectivity index (χ2n) is 6.57. The quantitative estimate of drug-likeness (QED) is 0.620. The number of hydrogen-bond donors (Lipinski definition) is 1. The van der Waals surface area contributed by atoms with Crippen molar-refractivity contribution in [1.82, 2.24) is 4.57 Å². The molecule has 2 amide bonds. The monoisotopic (exact) mass is 435 g/mol. The van der Waals surface area contributed by atoms with Crippen LogP contribution in [0.2, 0.25) is 0 Å². The molecule has 0 saturated carbocycles. The van der Waals surface area contributed by atoms with E-state index < -0.39 is 0 Å². The molecule has 2 heterocycles. The summed E-state index contributed by atoms with van der Waals surface area (Å²) in [6.07, 6.45) is 3.80. The van der Waals surface area contributed by atoms with E-state index >= 15 is 0 Å². The van der Waals surface area contributed by atoms with Crippen LogP contribution in [0.5, 0.6) is 0 Å². The van der Waals surface area contributed by atoms with E-state index in [9.17, 15) is 9.59 Å². The fourth-order valence-electron chi connectivity index (χ4n) is 3.25. The molecule has 2 aromatic carbocycles. The van der Waals surface area contributed by atoms with E-state index in [-0.39, 0.29) is 18.4 Å². The van der Waals surface area contributed by atoms with Crippen LogP contribution in [0.25, 0.3) is 11.6 Å². The Balaban J connectivity index is 1.60. The maximum Gasteiger partial charge on any atom is 0.259 e. The summed E-state index contributed by atoms with van der Waals surface area (Å²) in [6, 6.07) is 18.8. The van der Waals surface area contributed by atoms with Gasteiger partial charge in [-0.15, -0.1) is 0 Å². The van der Waals surface area contributed by atoms with E-state index in [1.165, 1.54) is 4.90 Å². The van der Waals surface area contributed by atoms with Crippen LogP contribution < -0.4 is 10.2 Å². The SMILES string of the molecule is Cn1cccc1/C=C1/C(=O)N(CC(=O)Nc2ccc(Br)cc2)c2ccccc21. The van der Waals surface area contributed by atoms with E-state index in [4.69, 9.17) is 0 Å². The number of anilines is 2. The maximum atomic E-state index is 13.1. The molecule has 1 aliphatic rings. The maximum absolute atomic E-state index is 13.1. The van der Waals surface area contributed by atoms with E-state index in [0.29, 0.717) is 11.3 Å². The van der Waals surface area contributed by atoms with Crippen molar-refractivity contribution in [3.05, 3.63) is 82.6 Å². The van der Waals surface area contributed by atoms with Crippen molar-refractivity contribution < 1.29 is 9.59 Å². The number of benzene rings is 2. The topological polar surface area (TPSA) is 54.3 Å². The number of aryl methyl sites for hydroxylation is 1. The van der Waals surface area contributed by atoms with Crippen molar-refractivity contribution >= 4 is 50.8 Å². The first-order valence-corrected chi connectivity index (χ1v) is 9.62. The minimum Gasteiger partial charge on any atom is -0.351 e. The third-order valence-electron chi connectivity index (χ3n) is 4.67. The Labute approximate surface area is 171 Å². The third kappa shape index (κ3) is 3.51. The summed E-state index contributed by atoms with van der Waals surface area (Å²) in [5.74, 6) is -0.418. The molecule has 0 radical (unpaired) electrons. The number of fused-ring (bicyclic) bond motifs is 1. The van der Waals surface area contributed by atoms with Crippen LogP contribution in [0.3, 0.4) is 0 Å². The number of halogens is 1. The molecular formula is C22H18BrN3O2. The van der Waals surface area contributed by atoms with Gasteiger partial charge in [0.05, 0.1) is 11.3 Å². The van der Waals surface area contributed by atoms with E-state index in [1.807, 2.05) is 84.6 Å². The summed E-state index contributed by atoms with van der Waals surface area (Å²) in [5.41, 5.74) is 3.80. The lowest BCUT2D eigenvalue weighted by molar-refractivity contribution is -0.118. The van der Waals surface area contributed by atoms with Gasteiger partial charge in [-0.2, -0.15) is 0 Å². The van der Waals surface area contributed by atoms with Crippen molar-refractivity contribution in [2.45, 2.75) is 0 Å². The Morgan fingerprint density at radius 3 is 2.54 bits per heavy atom. The molecule has 140 valence electrons. The summed E-state index contributed by atoms with van der Waals surface area (Å²) < 4.78 is 2.89. The fourth-order valence-corrected chi connectivity index (χ4v) is 3.52. The van der Waals surface area contributed by atoms with Gasteiger partial charge in [-0.05, 0) is 48.5 Å². The van der Waals surface area contributed by atoms with E-state index in [2.05, 4.69) is 21.2 Å². The zero-order chi connectivity index (χ0) is 19.7. The van der Waals surface area contributed by atoms with Crippen LogP contribution >= 0.6 is 15.9 Å². The summed E-state index contributed by atoms with van der Waals surface area (Å²) in [4.78, 5) is 27.2. The molecule has 4 rings (SSSR count). The highest BCUT2D eigenvalue weighted by molar-refractivity contribution is 9.10. The summed E-state index contributed by atoms with van der Waals surface area (Å²) >= 11 is 3.37. The van der Waals surface area contributed by atoms with Gasteiger partial charge >= 0.3 is 0 Å². The van der Waals surface area contributed by atoms with E-state index in [1.54, 1.807) is 0 Å². The number of rotatable bonds is 4. The molecule has 0 unspecified atom stereocenters. The molecule has 28 heavy (non-hydrogen) atoms. The first-order valence-electron chi connectivity index (χ1n) is 8.82. The van der Waals surface area contributed by atoms with Gasteiger partial charge in [0, 0.05) is 34.7 Å². The van der Waals surface area contributed by atoms with Crippen molar-refractivity contribution in [1.29, 1.82) is 0 Å². The Kier molecular flexibility index (Phi) is 4.88. The minimum atomic E-state index is -0.245. The molecule has 5 nitrogen and oxygen atoms in total. The first kappa shape index (κ1) is 18.3. The highest BCUT2D eigenvalue weighted by atomic mass is 79.9. The number of carbonyl (C=O) groups is 2. The smallest absolute Gasteiger partial charge is 0.259 e. The molecule has 0 fully saturated rings. The normalized spacial score (nSPS) is 14.4. The lowest BCUT2D eigenvalue weighted by Crippen LogP contribution is -2.35. The van der Waals surface area contributed by atoms with Crippen molar-refractivity contribution in [2.75, 3.05) is 16.8 Å². The second-order valence-corrected chi connectivity index (χ2v) is 7.48. The Hall–Kier alpha value is -3.12.